The minimum absolute atomic E-state index is 0.133. The Hall–Kier alpha value is -1.44. The van der Waals surface area contributed by atoms with Gasteiger partial charge in [0.1, 0.15) is 9.77 Å². The van der Waals surface area contributed by atoms with Crippen LogP contribution in [0.3, 0.4) is 0 Å². The van der Waals surface area contributed by atoms with Crippen LogP contribution in [0.15, 0.2) is 29.2 Å². The van der Waals surface area contributed by atoms with Crippen molar-refractivity contribution in [3.63, 3.8) is 0 Å². The van der Waals surface area contributed by atoms with E-state index in [-0.39, 0.29) is 15.8 Å². The van der Waals surface area contributed by atoms with E-state index in [1.165, 1.54) is 0 Å². The first-order valence-electron chi connectivity index (χ1n) is 6.14. The standard InChI is InChI=1S/C13H15NO4S2/c1-3-8(2)14-20(17,18)12-9-6-4-5-7-10(9)19-11(12)13(15)16/h4-8,14H,3H2,1-2H3,(H,15,16). The summed E-state index contributed by atoms with van der Waals surface area (Å²) in [5, 5.41) is 9.69. The summed E-state index contributed by atoms with van der Waals surface area (Å²) in [6.07, 6.45) is 0.629. The molecule has 0 aliphatic rings. The van der Waals surface area contributed by atoms with Crippen LogP contribution in [0, 0.1) is 0 Å². The first-order valence-corrected chi connectivity index (χ1v) is 8.44. The van der Waals surface area contributed by atoms with E-state index in [1.807, 2.05) is 6.92 Å². The van der Waals surface area contributed by atoms with Crippen molar-refractivity contribution < 1.29 is 18.3 Å². The van der Waals surface area contributed by atoms with Gasteiger partial charge in [-0.25, -0.2) is 17.9 Å². The van der Waals surface area contributed by atoms with Crippen LogP contribution in [0.4, 0.5) is 0 Å². The molecule has 0 bridgehead atoms. The molecule has 1 aromatic heterocycles. The summed E-state index contributed by atoms with van der Waals surface area (Å²) in [7, 11) is -3.85. The lowest BCUT2D eigenvalue weighted by Gasteiger charge is -2.12. The molecule has 0 saturated carbocycles. The Balaban J connectivity index is 2.68. The van der Waals surface area contributed by atoms with E-state index in [0.717, 1.165) is 11.3 Å². The van der Waals surface area contributed by atoms with Crippen molar-refractivity contribution in [2.75, 3.05) is 0 Å². The van der Waals surface area contributed by atoms with Crippen LogP contribution in [-0.4, -0.2) is 25.5 Å². The zero-order chi connectivity index (χ0) is 14.9. The minimum atomic E-state index is -3.85. The SMILES string of the molecule is CCC(C)NS(=O)(=O)c1c(C(=O)O)sc2ccccc12. The summed E-state index contributed by atoms with van der Waals surface area (Å²) in [6, 6.07) is 6.55. The molecule has 1 atom stereocenters. The van der Waals surface area contributed by atoms with E-state index in [4.69, 9.17) is 0 Å². The molecule has 2 rings (SSSR count). The normalized spacial score (nSPS) is 13.5. The molecule has 108 valence electrons. The number of hydrogen-bond acceptors (Lipinski definition) is 4. The highest BCUT2D eigenvalue weighted by molar-refractivity contribution is 7.90. The highest BCUT2D eigenvalue weighted by Gasteiger charge is 2.28. The smallest absolute Gasteiger partial charge is 0.347 e. The first-order chi connectivity index (χ1) is 9.36. The van der Waals surface area contributed by atoms with E-state index in [2.05, 4.69) is 4.72 Å². The molecular weight excluding hydrogens is 298 g/mol. The van der Waals surface area contributed by atoms with Crippen molar-refractivity contribution in [2.24, 2.45) is 0 Å². The molecule has 0 radical (unpaired) electrons. The third kappa shape index (κ3) is 2.70. The number of benzene rings is 1. The zero-order valence-corrected chi connectivity index (χ0v) is 12.7. The van der Waals surface area contributed by atoms with Crippen LogP contribution in [0.5, 0.6) is 0 Å². The second-order valence-electron chi connectivity index (χ2n) is 4.49. The molecule has 1 aromatic carbocycles. The van der Waals surface area contributed by atoms with Crippen LogP contribution in [0.25, 0.3) is 10.1 Å². The highest BCUT2D eigenvalue weighted by atomic mass is 32.2. The van der Waals surface area contributed by atoms with Gasteiger partial charge in [-0.2, -0.15) is 0 Å². The summed E-state index contributed by atoms with van der Waals surface area (Å²) >= 11 is 0.975. The van der Waals surface area contributed by atoms with Gasteiger partial charge in [-0.3, -0.25) is 0 Å². The van der Waals surface area contributed by atoms with Crippen molar-refractivity contribution in [1.29, 1.82) is 0 Å². The molecule has 7 heteroatoms. The van der Waals surface area contributed by atoms with E-state index >= 15 is 0 Å². The van der Waals surface area contributed by atoms with E-state index < -0.39 is 16.0 Å². The monoisotopic (exact) mass is 313 g/mol. The molecule has 0 amide bonds. The molecule has 0 fully saturated rings. The van der Waals surface area contributed by atoms with Crippen LogP contribution in [-0.2, 0) is 10.0 Å². The van der Waals surface area contributed by atoms with E-state index in [0.29, 0.717) is 16.5 Å². The fraction of sp³-hybridized carbons (Fsp3) is 0.308. The number of aromatic carboxylic acids is 1. The van der Waals surface area contributed by atoms with Gasteiger partial charge in [0.15, 0.2) is 0 Å². The third-order valence-corrected chi connectivity index (χ3v) is 5.94. The maximum atomic E-state index is 12.4. The number of carbonyl (C=O) groups is 1. The average Bonchev–Trinajstić information content (AvgIpc) is 2.78. The molecule has 0 aliphatic heterocycles. The molecule has 0 saturated heterocycles. The van der Waals surface area contributed by atoms with Crippen molar-refractivity contribution in [3.05, 3.63) is 29.1 Å². The van der Waals surface area contributed by atoms with Gasteiger partial charge in [0, 0.05) is 16.1 Å². The summed E-state index contributed by atoms with van der Waals surface area (Å²) in [5.74, 6) is -1.23. The van der Waals surface area contributed by atoms with Crippen LogP contribution in [0.1, 0.15) is 29.9 Å². The summed E-state index contributed by atoms with van der Waals surface area (Å²) in [5.41, 5.74) is 0. The third-order valence-electron chi connectivity index (χ3n) is 2.98. The topological polar surface area (TPSA) is 83.5 Å². The number of carboxylic acid groups (broad SMARTS) is 1. The highest BCUT2D eigenvalue weighted by Crippen LogP contribution is 2.34. The number of thiophene rings is 1. The summed E-state index contributed by atoms with van der Waals surface area (Å²) in [6.45, 7) is 3.60. The maximum absolute atomic E-state index is 12.4. The predicted octanol–water partition coefficient (Wildman–Crippen LogP) is 2.68. The lowest BCUT2D eigenvalue weighted by atomic mass is 10.2. The molecule has 1 heterocycles. The molecule has 2 aromatic rings. The fourth-order valence-electron chi connectivity index (χ4n) is 1.84. The van der Waals surface area contributed by atoms with E-state index in [1.54, 1.807) is 31.2 Å². The summed E-state index contributed by atoms with van der Waals surface area (Å²) in [4.78, 5) is 11.0. The Labute approximate surface area is 121 Å². The first kappa shape index (κ1) is 15.0. The Bertz CT molecular complexity index is 749. The fourth-order valence-corrected chi connectivity index (χ4v) is 4.90. The van der Waals surface area contributed by atoms with E-state index in [9.17, 15) is 18.3 Å². The van der Waals surface area contributed by atoms with Gasteiger partial charge in [-0.1, -0.05) is 25.1 Å². The second kappa shape index (κ2) is 5.51. The van der Waals surface area contributed by atoms with Gasteiger partial charge >= 0.3 is 5.97 Å². The lowest BCUT2D eigenvalue weighted by molar-refractivity contribution is 0.0698. The molecular formula is C13H15NO4S2. The Morgan fingerprint density at radius 2 is 2.05 bits per heavy atom. The van der Waals surface area contributed by atoms with Crippen molar-refractivity contribution in [3.8, 4) is 0 Å². The van der Waals surface area contributed by atoms with Crippen molar-refractivity contribution in [2.45, 2.75) is 31.2 Å². The number of carboxylic acids is 1. The van der Waals surface area contributed by atoms with Gasteiger partial charge < -0.3 is 5.11 Å². The van der Waals surface area contributed by atoms with Gasteiger partial charge in [0.25, 0.3) is 0 Å². The number of sulfonamides is 1. The Morgan fingerprint density at radius 1 is 1.40 bits per heavy atom. The van der Waals surface area contributed by atoms with Crippen LogP contribution >= 0.6 is 11.3 Å². The molecule has 20 heavy (non-hydrogen) atoms. The molecule has 1 unspecified atom stereocenters. The number of rotatable bonds is 5. The Morgan fingerprint density at radius 3 is 2.65 bits per heavy atom. The maximum Gasteiger partial charge on any atom is 0.347 e. The van der Waals surface area contributed by atoms with Gasteiger partial charge in [-0.05, 0) is 19.4 Å². The number of nitrogens with one attached hydrogen (secondary N) is 1. The Kier molecular flexibility index (Phi) is 4.12. The number of hydrogen-bond donors (Lipinski definition) is 2. The quantitative estimate of drug-likeness (QED) is 0.889. The molecule has 2 N–H and O–H groups in total. The minimum Gasteiger partial charge on any atom is -0.477 e. The predicted molar refractivity (Wildman–Crippen MR) is 78.9 cm³/mol. The number of fused-ring (bicyclic) bond motifs is 1. The average molecular weight is 313 g/mol. The summed E-state index contributed by atoms with van der Waals surface area (Å²) < 4.78 is 28.0. The molecule has 0 aliphatic carbocycles. The van der Waals surface area contributed by atoms with Crippen LogP contribution < -0.4 is 4.72 Å². The van der Waals surface area contributed by atoms with Gasteiger partial charge in [0.2, 0.25) is 10.0 Å². The van der Waals surface area contributed by atoms with Crippen LogP contribution in [0.2, 0.25) is 0 Å². The lowest BCUT2D eigenvalue weighted by Crippen LogP contribution is -2.32. The second-order valence-corrected chi connectivity index (χ2v) is 7.20. The largest absolute Gasteiger partial charge is 0.477 e. The van der Waals surface area contributed by atoms with Crippen molar-refractivity contribution in [1.82, 2.24) is 4.72 Å². The molecule has 5 nitrogen and oxygen atoms in total. The molecule has 0 spiro atoms. The van der Waals surface area contributed by atoms with Crippen molar-refractivity contribution >= 4 is 37.4 Å². The zero-order valence-electron chi connectivity index (χ0n) is 11.1. The van der Waals surface area contributed by atoms with Gasteiger partial charge in [0.05, 0.1) is 0 Å². The van der Waals surface area contributed by atoms with Gasteiger partial charge in [-0.15, -0.1) is 11.3 Å².